The van der Waals surface area contributed by atoms with Crippen molar-refractivity contribution in [2.45, 2.75) is 0 Å². The first kappa shape index (κ1) is 8.84. The van der Waals surface area contributed by atoms with Gasteiger partial charge in [-0.1, -0.05) is 0 Å². The lowest BCUT2D eigenvalue weighted by atomic mass is 10.2. The number of nitrogen functional groups attached to an aromatic ring is 1. The number of aromatic nitrogens is 4. The minimum Gasteiger partial charge on any atom is -0.382 e. The molecule has 0 amide bonds. The predicted octanol–water partition coefficient (Wildman–Crippen LogP) is 1.37. The summed E-state index contributed by atoms with van der Waals surface area (Å²) in [5.74, 6) is 0.478. The van der Waals surface area contributed by atoms with Crippen LogP contribution in [0.1, 0.15) is 0 Å². The molecule has 5 heteroatoms. The molecule has 0 saturated heterocycles. The number of nitrogens with two attached hydrogens (primary N) is 1. The Morgan fingerprint density at radius 1 is 1.06 bits per heavy atom. The molecule has 0 aliphatic rings. The molecule has 5 nitrogen and oxygen atoms in total. The van der Waals surface area contributed by atoms with Crippen molar-refractivity contribution in [1.82, 2.24) is 19.6 Å². The first-order valence-electron chi connectivity index (χ1n) is 4.85. The fraction of sp³-hybridized carbons (Fsp3) is 0. The topological polar surface area (TPSA) is 69.1 Å². The molecule has 0 bridgehead atoms. The van der Waals surface area contributed by atoms with E-state index in [1.165, 1.54) is 0 Å². The first-order chi connectivity index (χ1) is 7.83. The third-order valence-corrected chi connectivity index (χ3v) is 2.32. The van der Waals surface area contributed by atoms with E-state index < -0.39 is 0 Å². The van der Waals surface area contributed by atoms with Crippen molar-refractivity contribution in [2.24, 2.45) is 0 Å². The van der Waals surface area contributed by atoms with Crippen LogP contribution in [-0.2, 0) is 0 Å². The van der Waals surface area contributed by atoms with Crippen molar-refractivity contribution in [3.8, 4) is 11.3 Å². The van der Waals surface area contributed by atoms with Gasteiger partial charge in [-0.05, 0) is 24.3 Å². The maximum Gasteiger partial charge on any atom is 0.154 e. The highest BCUT2D eigenvalue weighted by atomic mass is 15.3. The summed E-state index contributed by atoms with van der Waals surface area (Å²) in [5, 5.41) is 4.14. The molecule has 0 atom stereocenters. The lowest BCUT2D eigenvalue weighted by Gasteiger charge is -1.92. The van der Waals surface area contributed by atoms with Crippen LogP contribution in [0.4, 0.5) is 5.82 Å². The number of pyridine rings is 1. The van der Waals surface area contributed by atoms with Crippen molar-refractivity contribution in [1.29, 1.82) is 0 Å². The number of rotatable bonds is 1. The lowest BCUT2D eigenvalue weighted by molar-refractivity contribution is 0.946. The summed E-state index contributed by atoms with van der Waals surface area (Å²) < 4.78 is 1.67. The molecule has 0 aromatic carbocycles. The number of anilines is 1. The van der Waals surface area contributed by atoms with Crippen LogP contribution in [0.2, 0.25) is 0 Å². The lowest BCUT2D eigenvalue weighted by Crippen LogP contribution is -1.95. The van der Waals surface area contributed by atoms with Gasteiger partial charge in [-0.3, -0.25) is 4.98 Å². The molecule has 78 valence electrons. The van der Waals surface area contributed by atoms with E-state index in [1.54, 1.807) is 23.0 Å². The van der Waals surface area contributed by atoms with Crippen LogP contribution in [0.25, 0.3) is 16.9 Å². The van der Waals surface area contributed by atoms with E-state index in [0.29, 0.717) is 5.82 Å². The van der Waals surface area contributed by atoms with E-state index in [-0.39, 0.29) is 0 Å². The Bertz CT molecular complexity index is 629. The molecular weight excluding hydrogens is 202 g/mol. The van der Waals surface area contributed by atoms with Crippen LogP contribution in [0.5, 0.6) is 0 Å². The molecule has 3 heterocycles. The molecule has 3 aromatic rings. The Kier molecular flexibility index (Phi) is 1.83. The van der Waals surface area contributed by atoms with Crippen LogP contribution >= 0.6 is 0 Å². The van der Waals surface area contributed by atoms with Crippen molar-refractivity contribution < 1.29 is 0 Å². The smallest absolute Gasteiger partial charge is 0.154 e. The summed E-state index contributed by atoms with van der Waals surface area (Å²) in [6, 6.07) is 7.39. The van der Waals surface area contributed by atoms with Gasteiger partial charge in [0.2, 0.25) is 0 Å². The van der Waals surface area contributed by atoms with Gasteiger partial charge < -0.3 is 5.73 Å². The summed E-state index contributed by atoms with van der Waals surface area (Å²) in [6.07, 6.45) is 5.32. The number of fused-ring (bicyclic) bond motifs is 1. The predicted molar refractivity (Wildman–Crippen MR) is 60.6 cm³/mol. The number of imidazole rings is 1. The minimum absolute atomic E-state index is 0.478. The van der Waals surface area contributed by atoms with Crippen LogP contribution in [-0.4, -0.2) is 19.6 Å². The molecule has 0 aliphatic heterocycles. The highest BCUT2D eigenvalue weighted by molar-refractivity contribution is 5.61. The standard InChI is InChI=1S/C11H9N5/c12-10-1-2-11-14-9(7-16(11)15-10)8-3-5-13-6-4-8/h1-7H,(H2,12,15). The Balaban J connectivity index is 2.19. The van der Waals surface area contributed by atoms with Gasteiger partial charge in [0.05, 0.1) is 11.9 Å². The van der Waals surface area contributed by atoms with E-state index in [4.69, 9.17) is 5.73 Å². The second-order valence-corrected chi connectivity index (χ2v) is 3.42. The zero-order valence-corrected chi connectivity index (χ0v) is 8.41. The quantitative estimate of drug-likeness (QED) is 0.660. The summed E-state index contributed by atoms with van der Waals surface area (Å²) in [7, 11) is 0. The van der Waals surface area contributed by atoms with Gasteiger partial charge >= 0.3 is 0 Å². The Hall–Kier alpha value is -2.43. The SMILES string of the molecule is Nc1ccc2nc(-c3ccncc3)cn2n1. The number of hydrogen-bond acceptors (Lipinski definition) is 4. The van der Waals surface area contributed by atoms with E-state index in [1.807, 2.05) is 24.4 Å². The summed E-state index contributed by atoms with van der Waals surface area (Å²) >= 11 is 0. The Morgan fingerprint density at radius 3 is 2.69 bits per heavy atom. The average molecular weight is 211 g/mol. The van der Waals surface area contributed by atoms with Crippen LogP contribution in [0.3, 0.4) is 0 Å². The summed E-state index contributed by atoms with van der Waals surface area (Å²) in [5.41, 5.74) is 8.26. The van der Waals surface area contributed by atoms with Gasteiger partial charge in [-0.15, -0.1) is 5.10 Å². The maximum atomic E-state index is 5.60. The summed E-state index contributed by atoms with van der Waals surface area (Å²) in [6.45, 7) is 0. The van der Waals surface area contributed by atoms with Crippen molar-refractivity contribution in [3.63, 3.8) is 0 Å². The summed E-state index contributed by atoms with van der Waals surface area (Å²) in [4.78, 5) is 8.41. The zero-order chi connectivity index (χ0) is 11.0. The van der Waals surface area contributed by atoms with Crippen molar-refractivity contribution in [2.75, 3.05) is 5.73 Å². The van der Waals surface area contributed by atoms with Gasteiger partial charge in [0.1, 0.15) is 5.82 Å². The molecule has 3 rings (SSSR count). The zero-order valence-electron chi connectivity index (χ0n) is 8.41. The van der Waals surface area contributed by atoms with Gasteiger partial charge in [0.25, 0.3) is 0 Å². The largest absolute Gasteiger partial charge is 0.382 e. The van der Waals surface area contributed by atoms with Crippen molar-refractivity contribution in [3.05, 3.63) is 42.9 Å². The Morgan fingerprint density at radius 2 is 1.88 bits per heavy atom. The normalized spacial score (nSPS) is 10.8. The van der Waals surface area contributed by atoms with E-state index in [9.17, 15) is 0 Å². The molecule has 16 heavy (non-hydrogen) atoms. The van der Waals surface area contributed by atoms with Crippen LogP contribution in [0.15, 0.2) is 42.9 Å². The molecule has 3 aromatic heterocycles. The molecule has 0 saturated carbocycles. The highest BCUT2D eigenvalue weighted by Crippen LogP contribution is 2.17. The average Bonchev–Trinajstić information content (AvgIpc) is 2.73. The van der Waals surface area contributed by atoms with E-state index in [2.05, 4.69) is 15.1 Å². The van der Waals surface area contributed by atoms with Crippen LogP contribution in [0, 0.1) is 0 Å². The van der Waals surface area contributed by atoms with Crippen LogP contribution < -0.4 is 5.73 Å². The second-order valence-electron chi connectivity index (χ2n) is 3.42. The number of hydrogen-bond donors (Lipinski definition) is 1. The fourth-order valence-corrected chi connectivity index (χ4v) is 1.56. The number of nitrogens with zero attached hydrogens (tertiary/aromatic N) is 4. The van der Waals surface area contributed by atoms with Gasteiger partial charge in [0, 0.05) is 18.0 Å². The monoisotopic (exact) mass is 211 g/mol. The van der Waals surface area contributed by atoms with Crippen molar-refractivity contribution >= 4 is 11.5 Å². The van der Waals surface area contributed by atoms with Gasteiger partial charge in [-0.25, -0.2) is 9.50 Å². The third-order valence-electron chi connectivity index (χ3n) is 2.32. The minimum atomic E-state index is 0.478. The second kappa shape index (κ2) is 3.30. The van der Waals surface area contributed by atoms with Gasteiger partial charge in [-0.2, -0.15) is 0 Å². The third kappa shape index (κ3) is 1.38. The molecule has 0 fully saturated rings. The fourth-order valence-electron chi connectivity index (χ4n) is 1.56. The Labute approximate surface area is 91.6 Å². The molecular formula is C11H9N5. The first-order valence-corrected chi connectivity index (χ1v) is 4.85. The van der Waals surface area contributed by atoms with Gasteiger partial charge in [0.15, 0.2) is 5.65 Å². The highest BCUT2D eigenvalue weighted by Gasteiger charge is 2.04. The molecule has 0 aliphatic carbocycles. The molecule has 0 unspecified atom stereocenters. The molecule has 2 N–H and O–H groups in total. The molecule has 0 radical (unpaired) electrons. The molecule has 0 spiro atoms. The maximum absolute atomic E-state index is 5.60. The van der Waals surface area contributed by atoms with E-state index >= 15 is 0 Å². The van der Waals surface area contributed by atoms with E-state index in [0.717, 1.165) is 16.9 Å².